The molecule has 6 nitrogen and oxygen atoms in total. The van der Waals surface area contributed by atoms with E-state index in [2.05, 4.69) is 29.2 Å². The summed E-state index contributed by atoms with van der Waals surface area (Å²) in [4.78, 5) is 19.2. The third kappa shape index (κ3) is 4.95. The smallest absolute Gasteiger partial charge is 0.422 e. The number of rotatable bonds is 5. The molecule has 0 radical (unpaired) electrons. The van der Waals surface area contributed by atoms with Gasteiger partial charge in [-0.15, -0.1) is 0 Å². The van der Waals surface area contributed by atoms with E-state index in [0.29, 0.717) is 18.4 Å². The molecule has 1 aliphatic carbocycles. The number of carbonyl (C=O) groups is 1. The van der Waals surface area contributed by atoms with E-state index < -0.39 is 18.4 Å². The molecule has 204 valence electrons. The molecular weight excluding hydrogens is 509 g/mol. The molecule has 2 bridgehead atoms. The van der Waals surface area contributed by atoms with Crippen LogP contribution >= 0.6 is 0 Å². The van der Waals surface area contributed by atoms with Gasteiger partial charge in [0.05, 0.1) is 5.60 Å². The summed E-state index contributed by atoms with van der Waals surface area (Å²) >= 11 is 0. The van der Waals surface area contributed by atoms with Crippen molar-refractivity contribution in [3.8, 4) is 17.0 Å². The Morgan fingerprint density at radius 3 is 2.15 bits per heavy atom. The number of hydrogen-bond acceptors (Lipinski definition) is 5. The molecule has 2 aliphatic heterocycles. The molecule has 6 rings (SSSR count). The zero-order valence-corrected chi connectivity index (χ0v) is 21.2. The quantitative estimate of drug-likeness (QED) is 0.420. The molecule has 9 heteroatoms. The van der Waals surface area contributed by atoms with Gasteiger partial charge in [-0.2, -0.15) is 13.2 Å². The second-order valence-electron chi connectivity index (χ2n) is 10.7. The number of amides is 1. The van der Waals surface area contributed by atoms with E-state index in [1.165, 1.54) is 12.3 Å². The number of alkyl halides is 3. The van der Waals surface area contributed by atoms with Crippen molar-refractivity contribution in [1.82, 2.24) is 9.88 Å². The summed E-state index contributed by atoms with van der Waals surface area (Å²) in [5, 5.41) is 11.6. The van der Waals surface area contributed by atoms with Crippen molar-refractivity contribution >= 4 is 6.09 Å². The molecule has 1 aromatic heterocycles. The van der Waals surface area contributed by atoms with E-state index in [-0.39, 0.29) is 36.6 Å². The van der Waals surface area contributed by atoms with Crippen molar-refractivity contribution in [2.75, 3.05) is 13.2 Å². The second-order valence-corrected chi connectivity index (χ2v) is 10.7. The van der Waals surface area contributed by atoms with Gasteiger partial charge in [0.15, 0.2) is 6.61 Å². The fraction of sp³-hybridized carbons (Fsp3) is 0.400. The SMILES string of the molecule is O=C(OCC1c2ccccc2-c2ccccc21)N1C2CCCC1CC(O)(c1ccc(OCC(F)(F)F)nc1)C2. The monoisotopic (exact) mass is 538 g/mol. The number of aromatic nitrogens is 1. The van der Waals surface area contributed by atoms with Crippen LogP contribution in [0.5, 0.6) is 5.88 Å². The summed E-state index contributed by atoms with van der Waals surface area (Å²) in [7, 11) is 0. The van der Waals surface area contributed by atoms with Gasteiger partial charge >= 0.3 is 12.3 Å². The van der Waals surface area contributed by atoms with Gasteiger partial charge in [-0.05, 0) is 47.6 Å². The van der Waals surface area contributed by atoms with Crippen LogP contribution in [0, 0.1) is 0 Å². The standard InChI is InChI=1S/C30H29F3N2O4/c31-30(32,33)18-39-27-13-12-19(16-34-27)29(37)14-20-6-5-7-21(15-29)35(20)28(36)38-17-26-24-10-3-1-8-22(24)23-9-2-4-11-25(23)26/h1-4,8-13,16,20-21,26,37H,5-7,14-15,17-18H2. The van der Waals surface area contributed by atoms with E-state index in [1.54, 1.807) is 11.0 Å². The lowest BCUT2D eigenvalue weighted by Gasteiger charge is -2.51. The lowest BCUT2D eigenvalue weighted by Crippen LogP contribution is -2.59. The Morgan fingerprint density at radius 2 is 1.59 bits per heavy atom. The minimum absolute atomic E-state index is 0.0351. The van der Waals surface area contributed by atoms with Crippen molar-refractivity contribution in [2.45, 2.75) is 61.9 Å². The topological polar surface area (TPSA) is 71.9 Å². The van der Waals surface area contributed by atoms with Crippen LogP contribution in [0.4, 0.5) is 18.0 Å². The Kier molecular flexibility index (Phi) is 6.49. The van der Waals surface area contributed by atoms with Crippen LogP contribution in [0.15, 0.2) is 66.9 Å². The minimum atomic E-state index is -4.46. The van der Waals surface area contributed by atoms with Gasteiger partial charge in [-0.3, -0.25) is 0 Å². The maximum absolute atomic E-state index is 13.4. The largest absolute Gasteiger partial charge is 0.468 e. The summed E-state index contributed by atoms with van der Waals surface area (Å²) in [6, 6.07) is 18.8. The highest BCUT2D eigenvalue weighted by Crippen LogP contribution is 2.46. The van der Waals surface area contributed by atoms with Gasteiger partial charge in [0, 0.05) is 48.7 Å². The molecule has 0 saturated carbocycles. The Balaban J connectivity index is 1.14. The zero-order chi connectivity index (χ0) is 27.2. The van der Waals surface area contributed by atoms with Crippen molar-refractivity contribution in [3.05, 3.63) is 83.6 Å². The molecule has 2 atom stereocenters. The number of ether oxygens (including phenoxy) is 2. The summed E-state index contributed by atoms with van der Waals surface area (Å²) in [6.07, 6.45) is -0.432. The molecular formula is C30H29F3N2O4. The van der Waals surface area contributed by atoms with Gasteiger partial charge in [0.25, 0.3) is 0 Å². The van der Waals surface area contributed by atoms with Crippen molar-refractivity contribution < 1.29 is 32.5 Å². The number of carbonyl (C=O) groups excluding carboxylic acids is 1. The van der Waals surface area contributed by atoms with Crippen LogP contribution < -0.4 is 4.74 Å². The fourth-order valence-electron chi connectivity index (χ4n) is 6.53. The number of halogens is 3. The maximum atomic E-state index is 13.4. The van der Waals surface area contributed by atoms with Gasteiger partial charge in [0.2, 0.25) is 5.88 Å². The highest BCUT2D eigenvalue weighted by molar-refractivity contribution is 5.79. The Bertz CT molecular complexity index is 1300. The molecule has 2 saturated heterocycles. The molecule has 2 fully saturated rings. The van der Waals surface area contributed by atoms with Gasteiger partial charge in [-0.25, -0.2) is 9.78 Å². The van der Waals surface area contributed by atoms with Crippen LogP contribution in [0.3, 0.4) is 0 Å². The molecule has 0 spiro atoms. The average Bonchev–Trinajstić information content (AvgIpc) is 3.23. The fourth-order valence-corrected chi connectivity index (χ4v) is 6.53. The number of nitrogens with zero attached hydrogens (tertiary/aromatic N) is 2. The number of aliphatic hydroxyl groups is 1. The predicted molar refractivity (Wildman–Crippen MR) is 137 cm³/mol. The Labute approximate surface area is 224 Å². The van der Waals surface area contributed by atoms with Crippen molar-refractivity contribution in [3.63, 3.8) is 0 Å². The summed E-state index contributed by atoms with van der Waals surface area (Å²) in [6.45, 7) is -1.20. The lowest BCUT2D eigenvalue weighted by molar-refractivity contribution is -0.154. The first-order valence-corrected chi connectivity index (χ1v) is 13.2. The van der Waals surface area contributed by atoms with Crippen molar-refractivity contribution in [1.29, 1.82) is 0 Å². The average molecular weight is 539 g/mol. The highest BCUT2D eigenvalue weighted by Gasteiger charge is 2.49. The van der Waals surface area contributed by atoms with Gasteiger partial charge in [0.1, 0.15) is 6.61 Å². The van der Waals surface area contributed by atoms with E-state index in [1.807, 2.05) is 24.3 Å². The maximum Gasteiger partial charge on any atom is 0.422 e. The Hall–Kier alpha value is -3.59. The van der Waals surface area contributed by atoms with E-state index in [9.17, 15) is 23.1 Å². The van der Waals surface area contributed by atoms with Crippen LogP contribution in [-0.2, 0) is 10.3 Å². The lowest BCUT2D eigenvalue weighted by atomic mass is 9.73. The molecule has 3 aromatic rings. The molecule has 1 N–H and O–H groups in total. The summed E-state index contributed by atoms with van der Waals surface area (Å²) in [5.74, 6) is -0.192. The third-order valence-corrected chi connectivity index (χ3v) is 8.21. The summed E-state index contributed by atoms with van der Waals surface area (Å²) < 4.78 is 48.0. The molecule has 2 aromatic carbocycles. The number of benzene rings is 2. The minimum Gasteiger partial charge on any atom is -0.468 e. The van der Waals surface area contributed by atoms with Crippen LogP contribution in [0.1, 0.15) is 54.7 Å². The molecule has 3 heterocycles. The first-order chi connectivity index (χ1) is 18.7. The number of hydrogen-bond donors (Lipinski definition) is 1. The van der Waals surface area contributed by atoms with Crippen LogP contribution in [0.2, 0.25) is 0 Å². The van der Waals surface area contributed by atoms with Gasteiger partial charge < -0.3 is 19.5 Å². The molecule has 3 aliphatic rings. The predicted octanol–water partition coefficient (Wildman–Crippen LogP) is 6.18. The number of fused-ring (bicyclic) bond motifs is 5. The van der Waals surface area contributed by atoms with E-state index >= 15 is 0 Å². The highest BCUT2D eigenvalue weighted by atomic mass is 19.4. The Morgan fingerprint density at radius 1 is 0.974 bits per heavy atom. The first-order valence-electron chi connectivity index (χ1n) is 13.2. The van der Waals surface area contributed by atoms with Crippen LogP contribution in [0.25, 0.3) is 11.1 Å². The van der Waals surface area contributed by atoms with E-state index in [4.69, 9.17) is 9.47 Å². The molecule has 39 heavy (non-hydrogen) atoms. The zero-order valence-electron chi connectivity index (χ0n) is 21.2. The normalized spacial score (nSPS) is 24.2. The summed E-state index contributed by atoms with van der Waals surface area (Å²) in [5.41, 5.74) is 3.89. The van der Waals surface area contributed by atoms with Crippen molar-refractivity contribution in [2.24, 2.45) is 0 Å². The molecule has 1 amide bonds. The second kappa shape index (κ2) is 9.86. The number of piperidine rings is 2. The van der Waals surface area contributed by atoms with E-state index in [0.717, 1.165) is 41.5 Å². The third-order valence-electron chi connectivity index (χ3n) is 8.21. The van der Waals surface area contributed by atoms with Crippen LogP contribution in [-0.4, -0.2) is 52.6 Å². The van der Waals surface area contributed by atoms with Gasteiger partial charge in [-0.1, -0.05) is 48.5 Å². The molecule has 2 unspecified atom stereocenters. The first kappa shape index (κ1) is 25.7. The number of pyridine rings is 1.